The van der Waals surface area contributed by atoms with Gasteiger partial charge < -0.3 is 14.0 Å². The van der Waals surface area contributed by atoms with Crippen LogP contribution in [0.15, 0.2) is 6.20 Å². The van der Waals surface area contributed by atoms with E-state index in [1.807, 2.05) is 0 Å². The number of hydrogen-bond acceptors (Lipinski definition) is 5. The Balaban J connectivity index is 3.05. The van der Waals surface area contributed by atoms with E-state index in [2.05, 4.69) is 14.5 Å². The van der Waals surface area contributed by atoms with Crippen molar-refractivity contribution >= 4 is 11.9 Å². The van der Waals surface area contributed by atoms with Gasteiger partial charge in [0.15, 0.2) is 5.69 Å². The third-order valence-electron chi connectivity index (χ3n) is 1.64. The maximum atomic E-state index is 11.1. The number of imidazole rings is 1. The molecule has 0 fully saturated rings. The second kappa shape index (κ2) is 3.91. The first kappa shape index (κ1) is 10.2. The van der Waals surface area contributed by atoms with Crippen LogP contribution in [0.2, 0.25) is 0 Å². The fraction of sp³-hybridized carbons (Fsp3) is 0.375. The fourth-order valence-corrected chi connectivity index (χ4v) is 0.950. The van der Waals surface area contributed by atoms with E-state index in [0.29, 0.717) is 0 Å². The number of carbonyl (C=O) groups excluding carboxylic acids is 2. The van der Waals surface area contributed by atoms with Gasteiger partial charge >= 0.3 is 11.9 Å². The van der Waals surface area contributed by atoms with Crippen LogP contribution >= 0.6 is 0 Å². The van der Waals surface area contributed by atoms with E-state index < -0.39 is 11.9 Å². The molecule has 0 amide bonds. The van der Waals surface area contributed by atoms with Gasteiger partial charge in [-0.15, -0.1) is 0 Å². The van der Waals surface area contributed by atoms with E-state index in [1.54, 1.807) is 7.05 Å². The fourth-order valence-electron chi connectivity index (χ4n) is 0.950. The van der Waals surface area contributed by atoms with Crippen LogP contribution in [0.25, 0.3) is 0 Å². The number of esters is 2. The summed E-state index contributed by atoms with van der Waals surface area (Å²) in [5.74, 6) is -1.12. The molecule has 6 nitrogen and oxygen atoms in total. The summed E-state index contributed by atoms with van der Waals surface area (Å²) in [7, 11) is 4.08. The van der Waals surface area contributed by atoms with Gasteiger partial charge in [0.2, 0.25) is 5.82 Å². The molecule has 0 saturated carbocycles. The van der Waals surface area contributed by atoms with Crippen molar-refractivity contribution in [2.75, 3.05) is 14.2 Å². The summed E-state index contributed by atoms with van der Waals surface area (Å²) in [6.07, 6.45) is 1.40. The molecular weight excluding hydrogens is 188 g/mol. The summed E-state index contributed by atoms with van der Waals surface area (Å²) < 4.78 is 10.3. The SMILES string of the molecule is COC(=O)c1cn(C)c(C(=O)OC)n1. The van der Waals surface area contributed by atoms with Crippen molar-refractivity contribution in [3.8, 4) is 0 Å². The minimum absolute atomic E-state index is 0.0629. The number of aryl methyl sites for hydroxylation is 1. The lowest BCUT2D eigenvalue weighted by Gasteiger charge is -1.96. The first-order valence-corrected chi connectivity index (χ1v) is 3.80. The zero-order valence-corrected chi connectivity index (χ0v) is 8.10. The Bertz CT molecular complexity index is 369. The number of aromatic nitrogens is 2. The Kier molecular flexibility index (Phi) is 2.85. The molecule has 0 unspecified atom stereocenters. The lowest BCUT2D eigenvalue weighted by Crippen LogP contribution is -2.09. The number of rotatable bonds is 2. The Labute approximate surface area is 80.4 Å². The minimum Gasteiger partial charge on any atom is -0.464 e. The third-order valence-corrected chi connectivity index (χ3v) is 1.64. The van der Waals surface area contributed by atoms with Crippen molar-refractivity contribution < 1.29 is 19.1 Å². The zero-order valence-electron chi connectivity index (χ0n) is 8.10. The molecule has 0 N–H and O–H groups in total. The second-order valence-electron chi connectivity index (χ2n) is 2.54. The van der Waals surface area contributed by atoms with Gasteiger partial charge in [0, 0.05) is 13.2 Å². The van der Waals surface area contributed by atoms with Gasteiger partial charge in [-0.2, -0.15) is 0 Å². The van der Waals surface area contributed by atoms with Crippen molar-refractivity contribution in [1.82, 2.24) is 9.55 Å². The highest BCUT2D eigenvalue weighted by molar-refractivity contribution is 5.91. The molecule has 6 heteroatoms. The van der Waals surface area contributed by atoms with Gasteiger partial charge in [-0.3, -0.25) is 0 Å². The van der Waals surface area contributed by atoms with Crippen LogP contribution in [-0.4, -0.2) is 35.7 Å². The highest BCUT2D eigenvalue weighted by Crippen LogP contribution is 2.03. The van der Waals surface area contributed by atoms with E-state index in [-0.39, 0.29) is 11.5 Å². The average molecular weight is 198 g/mol. The highest BCUT2D eigenvalue weighted by atomic mass is 16.5. The van der Waals surface area contributed by atoms with Crippen LogP contribution in [0.3, 0.4) is 0 Å². The maximum Gasteiger partial charge on any atom is 0.374 e. The van der Waals surface area contributed by atoms with Crippen molar-refractivity contribution in [3.63, 3.8) is 0 Å². The van der Waals surface area contributed by atoms with E-state index in [0.717, 1.165) is 0 Å². The summed E-state index contributed by atoms with van der Waals surface area (Å²) in [4.78, 5) is 25.9. The molecule has 1 aromatic heterocycles. The summed E-state index contributed by atoms with van der Waals surface area (Å²) in [5, 5.41) is 0. The van der Waals surface area contributed by atoms with E-state index >= 15 is 0 Å². The van der Waals surface area contributed by atoms with Gasteiger partial charge in [0.1, 0.15) is 0 Å². The molecule has 0 radical (unpaired) electrons. The number of hydrogen-bond donors (Lipinski definition) is 0. The Hall–Kier alpha value is -1.85. The normalized spacial score (nSPS) is 9.64. The second-order valence-corrected chi connectivity index (χ2v) is 2.54. The quantitative estimate of drug-likeness (QED) is 0.625. The first-order valence-electron chi connectivity index (χ1n) is 3.80. The van der Waals surface area contributed by atoms with Gasteiger partial charge in [0.25, 0.3) is 0 Å². The maximum absolute atomic E-state index is 11.1. The molecule has 0 aromatic carbocycles. The monoisotopic (exact) mass is 198 g/mol. The number of methoxy groups -OCH3 is 2. The molecule has 1 aromatic rings. The van der Waals surface area contributed by atoms with Crippen LogP contribution in [0.5, 0.6) is 0 Å². The molecule has 0 atom stereocenters. The average Bonchev–Trinajstić information content (AvgIpc) is 2.58. The summed E-state index contributed by atoms with van der Waals surface area (Å²) in [6.45, 7) is 0. The Morgan fingerprint density at radius 1 is 1.29 bits per heavy atom. The number of carbonyl (C=O) groups is 2. The zero-order chi connectivity index (χ0) is 10.7. The lowest BCUT2D eigenvalue weighted by molar-refractivity contribution is 0.0582. The molecule has 14 heavy (non-hydrogen) atoms. The van der Waals surface area contributed by atoms with Crippen molar-refractivity contribution in [2.45, 2.75) is 0 Å². The predicted molar refractivity (Wildman–Crippen MR) is 45.9 cm³/mol. The molecular formula is C8H10N2O4. The Morgan fingerprint density at radius 3 is 2.36 bits per heavy atom. The molecule has 0 aliphatic carbocycles. The Morgan fingerprint density at radius 2 is 1.86 bits per heavy atom. The molecule has 0 aliphatic heterocycles. The summed E-state index contributed by atoms with van der Waals surface area (Å²) in [5.41, 5.74) is 0.0791. The van der Waals surface area contributed by atoms with Crippen LogP contribution in [-0.2, 0) is 16.5 Å². The molecule has 0 spiro atoms. The largest absolute Gasteiger partial charge is 0.464 e. The molecule has 0 saturated heterocycles. The van der Waals surface area contributed by atoms with Crippen molar-refractivity contribution in [1.29, 1.82) is 0 Å². The number of ether oxygens (including phenoxy) is 2. The van der Waals surface area contributed by atoms with Gasteiger partial charge in [-0.25, -0.2) is 14.6 Å². The molecule has 1 rings (SSSR count). The molecule has 0 aliphatic rings. The summed E-state index contributed by atoms with van der Waals surface area (Å²) >= 11 is 0. The van der Waals surface area contributed by atoms with Crippen molar-refractivity contribution in [2.24, 2.45) is 7.05 Å². The lowest BCUT2D eigenvalue weighted by atomic mass is 10.5. The third kappa shape index (κ3) is 1.73. The van der Waals surface area contributed by atoms with E-state index in [1.165, 1.54) is 25.0 Å². The van der Waals surface area contributed by atoms with Gasteiger partial charge in [0.05, 0.1) is 14.2 Å². The highest BCUT2D eigenvalue weighted by Gasteiger charge is 2.18. The van der Waals surface area contributed by atoms with Crippen LogP contribution in [0, 0.1) is 0 Å². The van der Waals surface area contributed by atoms with E-state index in [4.69, 9.17) is 0 Å². The topological polar surface area (TPSA) is 70.4 Å². The smallest absolute Gasteiger partial charge is 0.374 e. The van der Waals surface area contributed by atoms with Crippen LogP contribution < -0.4 is 0 Å². The molecule has 1 heterocycles. The van der Waals surface area contributed by atoms with Gasteiger partial charge in [-0.05, 0) is 0 Å². The van der Waals surface area contributed by atoms with E-state index in [9.17, 15) is 9.59 Å². The van der Waals surface area contributed by atoms with Crippen LogP contribution in [0.1, 0.15) is 21.1 Å². The molecule has 0 bridgehead atoms. The minimum atomic E-state index is -0.595. The predicted octanol–water partition coefficient (Wildman–Crippen LogP) is -0.00670. The molecule has 76 valence electrons. The van der Waals surface area contributed by atoms with Crippen molar-refractivity contribution in [3.05, 3.63) is 17.7 Å². The standard InChI is InChI=1S/C8H10N2O4/c1-10-4-5(7(11)13-2)9-6(10)8(12)14-3/h4H,1-3H3. The first-order chi connectivity index (χ1) is 6.60. The number of nitrogens with zero attached hydrogens (tertiary/aromatic N) is 2. The summed E-state index contributed by atoms with van der Waals surface area (Å²) in [6, 6.07) is 0. The van der Waals surface area contributed by atoms with Crippen LogP contribution in [0.4, 0.5) is 0 Å². The van der Waals surface area contributed by atoms with Gasteiger partial charge in [-0.1, -0.05) is 0 Å².